The highest BCUT2D eigenvalue weighted by atomic mass is 16.5. The van der Waals surface area contributed by atoms with Gasteiger partial charge in [0, 0.05) is 23.8 Å². The Balaban J connectivity index is 1.65. The van der Waals surface area contributed by atoms with E-state index in [2.05, 4.69) is 0 Å². The molecule has 4 rings (SSSR count). The Kier molecular flexibility index (Phi) is 5.22. The minimum absolute atomic E-state index is 0.0923. The number of rotatable bonds is 5. The number of phenols is 1. The number of hydrogen-bond acceptors (Lipinski definition) is 6. The second-order valence-corrected chi connectivity index (χ2v) is 6.64. The molecule has 150 valence electrons. The van der Waals surface area contributed by atoms with Crippen LogP contribution in [0.5, 0.6) is 11.5 Å². The highest BCUT2D eigenvalue weighted by Crippen LogP contribution is 2.31. The van der Waals surface area contributed by atoms with Crippen molar-refractivity contribution in [3.05, 3.63) is 94.1 Å². The lowest BCUT2D eigenvalue weighted by Gasteiger charge is -2.10. The van der Waals surface area contributed by atoms with E-state index in [1.807, 2.05) is 30.3 Å². The van der Waals surface area contributed by atoms with Gasteiger partial charge in [0.25, 0.3) is 0 Å². The van der Waals surface area contributed by atoms with Crippen LogP contribution in [0.2, 0.25) is 0 Å². The Hall–Kier alpha value is -4.06. The Morgan fingerprint density at radius 2 is 1.80 bits per heavy atom. The Morgan fingerprint density at radius 1 is 1.00 bits per heavy atom. The molecule has 0 amide bonds. The number of fused-ring (bicyclic) bond motifs is 1. The van der Waals surface area contributed by atoms with Gasteiger partial charge in [0.2, 0.25) is 0 Å². The van der Waals surface area contributed by atoms with Crippen LogP contribution in [-0.4, -0.2) is 18.2 Å². The summed E-state index contributed by atoms with van der Waals surface area (Å²) in [5.74, 6) is 0.0712. The third-order valence-corrected chi connectivity index (χ3v) is 4.60. The number of esters is 1. The zero-order valence-electron chi connectivity index (χ0n) is 16.1. The molecule has 1 N–H and O–H groups in total. The number of phenolic OH excluding ortho intramolecular Hbond substituents is 1. The maximum absolute atomic E-state index is 12.5. The Labute approximate surface area is 171 Å². The molecule has 30 heavy (non-hydrogen) atoms. The molecular weight excluding hydrogens is 384 g/mol. The van der Waals surface area contributed by atoms with Gasteiger partial charge in [-0.2, -0.15) is 0 Å². The fourth-order valence-corrected chi connectivity index (χ4v) is 3.14. The third kappa shape index (κ3) is 3.89. The largest absolute Gasteiger partial charge is 0.507 e. The topological polar surface area (TPSA) is 86.0 Å². The van der Waals surface area contributed by atoms with E-state index in [9.17, 15) is 14.7 Å². The summed E-state index contributed by atoms with van der Waals surface area (Å²) in [6.45, 7) is 0.151. The molecule has 0 atom stereocenters. The number of methoxy groups -OCH3 is 1. The molecule has 6 nitrogen and oxygen atoms in total. The second-order valence-electron chi connectivity index (χ2n) is 6.64. The summed E-state index contributed by atoms with van der Waals surface area (Å²) < 4.78 is 16.3. The molecule has 0 saturated carbocycles. The standard InChI is InChI=1S/C24H18O6/c1-28-24(27)17-9-5-6-15(10-17)14-29-18-11-19(25)23-20(26)13-21(30-22(23)12-18)16-7-3-2-4-8-16/h2-13,25H,14H2,1H3. The van der Waals surface area contributed by atoms with Crippen molar-refractivity contribution < 1.29 is 23.8 Å². The molecule has 0 saturated heterocycles. The van der Waals surface area contributed by atoms with Crippen molar-refractivity contribution in [2.45, 2.75) is 6.61 Å². The van der Waals surface area contributed by atoms with Crippen molar-refractivity contribution in [3.8, 4) is 22.8 Å². The van der Waals surface area contributed by atoms with Crippen molar-refractivity contribution in [2.75, 3.05) is 7.11 Å². The van der Waals surface area contributed by atoms with Gasteiger partial charge in [-0.25, -0.2) is 4.79 Å². The zero-order chi connectivity index (χ0) is 21.1. The van der Waals surface area contributed by atoms with Crippen molar-refractivity contribution in [1.82, 2.24) is 0 Å². The van der Waals surface area contributed by atoms with Crippen LogP contribution in [0, 0.1) is 0 Å². The van der Waals surface area contributed by atoms with Gasteiger partial charge in [-0.3, -0.25) is 4.79 Å². The molecule has 4 aromatic rings. The average molecular weight is 402 g/mol. The van der Waals surface area contributed by atoms with Crippen molar-refractivity contribution in [1.29, 1.82) is 0 Å². The highest BCUT2D eigenvalue weighted by Gasteiger charge is 2.13. The summed E-state index contributed by atoms with van der Waals surface area (Å²) in [5.41, 5.74) is 1.79. The fraction of sp³-hybridized carbons (Fsp3) is 0.0833. The molecular formula is C24H18O6. The average Bonchev–Trinajstić information content (AvgIpc) is 2.77. The quantitative estimate of drug-likeness (QED) is 0.494. The molecule has 0 radical (unpaired) electrons. The summed E-state index contributed by atoms with van der Waals surface area (Å²) in [6, 6.07) is 20.4. The number of hydrogen-bond donors (Lipinski definition) is 1. The van der Waals surface area contributed by atoms with Crippen LogP contribution in [0.25, 0.3) is 22.3 Å². The van der Waals surface area contributed by atoms with Crippen LogP contribution in [0.3, 0.4) is 0 Å². The van der Waals surface area contributed by atoms with Crippen LogP contribution in [0.4, 0.5) is 0 Å². The molecule has 1 aromatic heterocycles. The zero-order valence-corrected chi connectivity index (χ0v) is 16.1. The van der Waals surface area contributed by atoms with E-state index in [1.54, 1.807) is 30.3 Å². The van der Waals surface area contributed by atoms with Gasteiger partial charge in [0.1, 0.15) is 34.8 Å². The Morgan fingerprint density at radius 3 is 2.57 bits per heavy atom. The number of aromatic hydroxyl groups is 1. The first-order valence-corrected chi connectivity index (χ1v) is 9.21. The van der Waals surface area contributed by atoms with Gasteiger partial charge in [-0.05, 0) is 17.7 Å². The molecule has 6 heteroatoms. The van der Waals surface area contributed by atoms with Crippen LogP contribution in [0.15, 0.2) is 82.0 Å². The number of ether oxygens (including phenoxy) is 2. The smallest absolute Gasteiger partial charge is 0.337 e. The van der Waals surface area contributed by atoms with Crippen molar-refractivity contribution in [3.63, 3.8) is 0 Å². The van der Waals surface area contributed by atoms with Crippen LogP contribution in [-0.2, 0) is 11.3 Å². The van der Waals surface area contributed by atoms with Crippen LogP contribution < -0.4 is 10.2 Å². The lowest BCUT2D eigenvalue weighted by Crippen LogP contribution is -2.04. The fourth-order valence-electron chi connectivity index (χ4n) is 3.14. The maximum Gasteiger partial charge on any atom is 0.337 e. The van der Waals surface area contributed by atoms with E-state index in [4.69, 9.17) is 13.9 Å². The van der Waals surface area contributed by atoms with Crippen LogP contribution in [0.1, 0.15) is 15.9 Å². The van der Waals surface area contributed by atoms with E-state index in [0.717, 1.165) is 11.1 Å². The Bertz CT molecular complexity index is 1270. The summed E-state index contributed by atoms with van der Waals surface area (Å²) in [7, 11) is 1.32. The highest BCUT2D eigenvalue weighted by molar-refractivity contribution is 5.89. The number of carbonyl (C=O) groups excluding carboxylic acids is 1. The lowest BCUT2D eigenvalue weighted by atomic mass is 10.1. The summed E-state index contributed by atoms with van der Waals surface area (Å²) in [4.78, 5) is 24.2. The van der Waals surface area contributed by atoms with E-state index in [-0.39, 0.29) is 28.8 Å². The van der Waals surface area contributed by atoms with Crippen molar-refractivity contribution >= 4 is 16.9 Å². The predicted molar refractivity (Wildman–Crippen MR) is 112 cm³/mol. The lowest BCUT2D eigenvalue weighted by molar-refractivity contribution is 0.0600. The minimum atomic E-state index is -0.435. The number of benzene rings is 3. The normalized spacial score (nSPS) is 10.7. The molecule has 0 unspecified atom stereocenters. The summed E-state index contributed by atoms with van der Waals surface area (Å²) >= 11 is 0. The van der Waals surface area contributed by atoms with Crippen LogP contribution >= 0.6 is 0 Å². The predicted octanol–water partition coefficient (Wildman–Crippen LogP) is 4.53. The van der Waals surface area contributed by atoms with Gasteiger partial charge >= 0.3 is 5.97 Å². The van der Waals surface area contributed by atoms with Gasteiger partial charge in [-0.15, -0.1) is 0 Å². The van der Waals surface area contributed by atoms with E-state index < -0.39 is 5.97 Å². The maximum atomic E-state index is 12.5. The molecule has 0 spiro atoms. The first kappa shape index (κ1) is 19.3. The van der Waals surface area contributed by atoms with E-state index in [1.165, 1.54) is 19.2 Å². The van der Waals surface area contributed by atoms with Gasteiger partial charge < -0.3 is 19.0 Å². The molecule has 0 fully saturated rings. The number of carbonyl (C=O) groups is 1. The monoisotopic (exact) mass is 402 g/mol. The molecule has 0 aliphatic heterocycles. The third-order valence-electron chi connectivity index (χ3n) is 4.60. The van der Waals surface area contributed by atoms with Crippen molar-refractivity contribution in [2.24, 2.45) is 0 Å². The summed E-state index contributed by atoms with van der Waals surface area (Å²) in [6.07, 6.45) is 0. The first-order valence-electron chi connectivity index (χ1n) is 9.21. The second kappa shape index (κ2) is 8.13. The van der Waals surface area contributed by atoms with Gasteiger partial charge in [-0.1, -0.05) is 42.5 Å². The van der Waals surface area contributed by atoms with Gasteiger partial charge in [0.15, 0.2) is 5.43 Å². The van der Waals surface area contributed by atoms with Gasteiger partial charge in [0.05, 0.1) is 12.7 Å². The molecule has 0 bridgehead atoms. The molecule has 0 aliphatic rings. The first-order chi connectivity index (χ1) is 14.5. The van der Waals surface area contributed by atoms with E-state index >= 15 is 0 Å². The molecule has 0 aliphatic carbocycles. The minimum Gasteiger partial charge on any atom is -0.507 e. The summed E-state index contributed by atoms with van der Waals surface area (Å²) in [5, 5.41) is 10.4. The molecule has 3 aromatic carbocycles. The molecule has 1 heterocycles. The SMILES string of the molecule is COC(=O)c1cccc(COc2cc(O)c3c(=O)cc(-c4ccccc4)oc3c2)c1. The van der Waals surface area contributed by atoms with E-state index in [0.29, 0.717) is 17.1 Å².